The Morgan fingerprint density at radius 1 is 1.57 bits per heavy atom. The van der Waals surface area contributed by atoms with E-state index in [1.807, 2.05) is 29.3 Å². The molecule has 0 radical (unpaired) electrons. The summed E-state index contributed by atoms with van der Waals surface area (Å²) in [6.45, 7) is 3.32. The highest BCUT2D eigenvalue weighted by Gasteiger charge is 2.25. The topological polar surface area (TPSA) is 33.2 Å². The molecule has 1 aromatic rings. The van der Waals surface area contributed by atoms with Gasteiger partial charge < -0.3 is 4.90 Å². The second-order valence-electron chi connectivity index (χ2n) is 3.71. The minimum absolute atomic E-state index is 0.170. The molecule has 2 rings (SSSR count). The molecule has 1 aliphatic heterocycles. The highest BCUT2D eigenvalue weighted by atomic mass is 16.2. The van der Waals surface area contributed by atoms with Crippen molar-refractivity contribution in [1.29, 1.82) is 0 Å². The molecule has 3 heteroatoms. The van der Waals surface area contributed by atoms with Gasteiger partial charge in [-0.15, -0.1) is 0 Å². The van der Waals surface area contributed by atoms with Gasteiger partial charge in [-0.3, -0.25) is 9.78 Å². The van der Waals surface area contributed by atoms with Gasteiger partial charge in [0, 0.05) is 37.8 Å². The number of aromatic nitrogens is 1. The number of hydrogen-bond acceptors (Lipinski definition) is 2. The first-order valence-electron chi connectivity index (χ1n) is 4.94. The second-order valence-corrected chi connectivity index (χ2v) is 3.71. The summed E-state index contributed by atoms with van der Waals surface area (Å²) < 4.78 is 0. The van der Waals surface area contributed by atoms with E-state index in [1.54, 1.807) is 6.92 Å². The maximum Gasteiger partial charge on any atom is 0.219 e. The van der Waals surface area contributed by atoms with Crippen LogP contribution in [-0.4, -0.2) is 28.9 Å². The Morgan fingerprint density at radius 3 is 3.00 bits per heavy atom. The van der Waals surface area contributed by atoms with Gasteiger partial charge in [0.05, 0.1) is 0 Å². The number of pyridine rings is 1. The third-order valence-electron chi connectivity index (χ3n) is 2.74. The van der Waals surface area contributed by atoms with E-state index in [1.165, 1.54) is 0 Å². The van der Waals surface area contributed by atoms with Crippen LogP contribution in [0.15, 0.2) is 24.4 Å². The van der Waals surface area contributed by atoms with E-state index in [-0.39, 0.29) is 5.91 Å². The molecular weight excluding hydrogens is 176 g/mol. The average Bonchev–Trinajstić information content (AvgIpc) is 2.68. The fourth-order valence-corrected chi connectivity index (χ4v) is 1.91. The zero-order valence-electron chi connectivity index (χ0n) is 8.31. The van der Waals surface area contributed by atoms with Gasteiger partial charge in [0.1, 0.15) is 0 Å². The summed E-state index contributed by atoms with van der Waals surface area (Å²) in [4.78, 5) is 17.3. The van der Waals surface area contributed by atoms with Crippen molar-refractivity contribution >= 4 is 5.91 Å². The van der Waals surface area contributed by atoms with Crippen molar-refractivity contribution in [2.45, 2.75) is 19.3 Å². The van der Waals surface area contributed by atoms with E-state index < -0.39 is 0 Å². The molecule has 1 fully saturated rings. The summed E-state index contributed by atoms with van der Waals surface area (Å²) in [5.41, 5.74) is 1.11. The minimum atomic E-state index is 0.170. The van der Waals surface area contributed by atoms with Crippen LogP contribution < -0.4 is 0 Å². The molecule has 1 aromatic heterocycles. The summed E-state index contributed by atoms with van der Waals surface area (Å²) in [6.07, 6.45) is 2.85. The number of carbonyl (C=O) groups is 1. The average molecular weight is 190 g/mol. The lowest BCUT2D eigenvalue weighted by Crippen LogP contribution is -2.25. The summed E-state index contributed by atoms with van der Waals surface area (Å²) >= 11 is 0. The third kappa shape index (κ3) is 1.76. The van der Waals surface area contributed by atoms with Gasteiger partial charge in [-0.2, -0.15) is 0 Å². The van der Waals surface area contributed by atoms with E-state index in [2.05, 4.69) is 4.98 Å². The molecule has 0 aromatic carbocycles. The van der Waals surface area contributed by atoms with Crippen molar-refractivity contribution < 1.29 is 4.79 Å². The first-order chi connectivity index (χ1) is 6.77. The number of rotatable bonds is 1. The maximum atomic E-state index is 11.1. The van der Waals surface area contributed by atoms with Crippen LogP contribution in [0, 0.1) is 0 Å². The molecule has 1 aliphatic rings. The lowest BCUT2D eigenvalue weighted by Gasteiger charge is -2.13. The van der Waals surface area contributed by atoms with E-state index >= 15 is 0 Å². The maximum absolute atomic E-state index is 11.1. The van der Waals surface area contributed by atoms with Crippen molar-refractivity contribution in [3.8, 4) is 0 Å². The molecule has 0 bridgehead atoms. The molecule has 0 aliphatic carbocycles. The second kappa shape index (κ2) is 3.78. The predicted octanol–water partition coefficient (Wildman–Crippen LogP) is 1.42. The van der Waals surface area contributed by atoms with Crippen LogP contribution in [0.1, 0.15) is 25.0 Å². The molecule has 3 nitrogen and oxygen atoms in total. The highest BCUT2D eigenvalue weighted by Crippen LogP contribution is 2.25. The van der Waals surface area contributed by atoms with Crippen molar-refractivity contribution in [2.24, 2.45) is 0 Å². The Kier molecular flexibility index (Phi) is 2.48. The van der Waals surface area contributed by atoms with Crippen molar-refractivity contribution in [1.82, 2.24) is 9.88 Å². The Morgan fingerprint density at radius 2 is 2.43 bits per heavy atom. The molecular formula is C11H14N2O. The van der Waals surface area contributed by atoms with Crippen LogP contribution in [0.25, 0.3) is 0 Å². The molecule has 1 amide bonds. The van der Waals surface area contributed by atoms with Gasteiger partial charge >= 0.3 is 0 Å². The van der Waals surface area contributed by atoms with Crippen LogP contribution >= 0.6 is 0 Å². The zero-order valence-corrected chi connectivity index (χ0v) is 8.31. The van der Waals surface area contributed by atoms with Gasteiger partial charge in [0.2, 0.25) is 5.91 Å². The highest BCUT2D eigenvalue weighted by molar-refractivity contribution is 5.73. The Hall–Kier alpha value is -1.38. The van der Waals surface area contributed by atoms with Crippen LogP contribution in [-0.2, 0) is 4.79 Å². The number of carbonyl (C=O) groups excluding carboxylic acids is 1. The van der Waals surface area contributed by atoms with E-state index in [0.29, 0.717) is 5.92 Å². The van der Waals surface area contributed by atoms with Crippen LogP contribution in [0.3, 0.4) is 0 Å². The Bertz CT molecular complexity index is 323. The zero-order chi connectivity index (χ0) is 9.97. The number of likely N-dealkylation sites (tertiary alicyclic amines) is 1. The fraction of sp³-hybridized carbons (Fsp3) is 0.455. The molecule has 0 N–H and O–H groups in total. The minimum Gasteiger partial charge on any atom is -0.342 e. The van der Waals surface area contributed by atoms with Crippen LogP contribution in [0.2, 0.25) is 0 Å². The quantitative estimate of drug-likeness (QED) is 0.671. The van der Waals surface area contributed by atoms with Gasteiger partial charge in [-0.1, -0.05) is 6.07 Å². The smallest absolute Gasteiger partial charge is 0.219 e. The first-order valence-corrected chi connectivity index (χ1v) is 4.94. The lowest BCUT2D eigenvalue weighted by atomic mass is 10.0. The summed E-state index contributed by atoms with van der Waals surface area (Å²) in [7, 11) is 0. The molecule has 1 atom stereocenters. The van der Waals surface area contributed by atoms with Gasteiger partial charge in [-0.25, -0.2) is 0 Å². The van der Waals surface area contributed by atoms with Crippen LogP contribution in [0.5, 0.6) is 0 Å². The molecule has 1 saturated heterocycles. The molecule has 74 valence electrons. The SMILES string of the molecule is CC(=O)N1CCC(c2ccccn2)C1. The Labute approximate surface area is 83.8 Å². The van der Waals surface area contributed by atoms with E-state index in [9.17, 15) is 4.79 Å². The number of nitrogens with zero attached hydrogens (tertiary/aromatic N) is 2. The van der Waals surface area contributed by atoms with Crippen LogP contribution in [0.4, 0.5) is 0 Å². The monoisotopic (exact) mass is 190 g/mol. The molecule has 2 heterocycles. The van der Waals surface area contributed by atoms with E-state index in [4.69, 9.17) is 0 Å². The third-order valence-corrected chi connectivity index (χ3v) is 2.74. The van der Waals surface area contributed by atoms with Gasteiger partial charge in [0.25, 0.3) is 0 Å². The Balaban J connectivity index is 2.06. The molecule has 14 heavy (non-hydrogen) atoms. The van der Waals surface area contributed by atoms with Gasteiger partial charge in [0.15, 0.2) is 0 Å². The molecule has 1 unspecified atom stereocenters. The van der Waals surface area contributed by atoms with E-state index in [0.717, 1.165) is 25.2 Å². The summed E-state index contributed by atoms with van der Waals surface area (Å²) in [6, 6.07) is 5.95. The number of hydrogen-bond donors (Lipinski definition) is 0. The fourth-order valence-electron chi connectivity index (χ4n) is 1.91. The summed E-state index contributed by atoms with van der Waals surface area (Å²) in [5, 5.41) is 0. The van der Waals surface area contributed by atoms with Crippen molar-refractivity contribution in [2.75, 3.05) is 13.1 Å². The molecule has 0 spiro atoms. The largest absolute Gasteiger partial charge is 0.342 e. The normalized spacial score (nSPS) is 21.2. The van der Waals surface area contributed by atoms with Gasteiger partial charge in [-0.05, 0) is 18.6 Å². The number of amides is 1. The standard InChI is InChI=1S/C11H14N2O/c1-9(14)13-7-5-10(8-13)11-4-2-3-6-12-11/h2-4,6,10H,5,7-8H2,1H3. The predicted molar refractivity (Wildman–Crippen MR) is 53.8 cm³/mol. The lowest BCUT2D eigenvalue weighted by molar-refractivity contribution is -0.127. The molecule has 0 saturated carbocycles. The van der Waals surface area contributed by atoms with Crippen molar-refractivity contribution in [3.63, 3.8) is 0 Å². The summed E-state index contributed by atoms with van der Waals surface area (Å²) in [5.74, 6) is 0.600. The first kappa shape index (κ1) is 9.19. The van der Waals surface area contributed by atoms with Crippen molar-refractivity contribution in [3.05, 3.63) is 30.1 Å².